The van der Waals surface area contributed by atoms with E-state index in [2.05, 4.69) is 34.6 Å². The number of aliphatic hydroxyl groups excluding tert-OH is 1. The van der Waals surface area contributed by atoms with Crippen LogP contribution in [0.3, 0.4) is 0 Å². The molecule has 0 aliphatic carbocycles. The van der Waals surface area contributed by atoms with E-state index in [1.165, 1.54) is 180 Å². The molecule has 0 saturated carbocycles. The van der Waals surface area contributed by atoms with Crippen molar-refractivity contribution in [3.63, 3.8) is 0 Å². The second kappa shape index (κ2) is 62.5. The summed E-state index contributed by atoms with van der Waals surface area (Å²) in [5, 5.41) is 10.6. The van der Waals surface area contributed by atoms with E-state index in [-0.39, 0.29) is 25.7 Å². The first kappa shape index (κ1) is 86.1. The van der Waals surface area contributed by atoms with Crippen LogP contribution in [0.25, 0.3) is 0 Å². The Morgan fingerprint density at radius 3 is 0.773 bits per heavy atom. The summed E-state index contributed by atoms with van der Waals surface area (Å²) in [7, 11) is -9.89. The number of hydrogen-bond donors (Lipinski definition) is 3. The molecule has 0 rings (SSSR count). The van der Waals surface area contributed by atoms with Crippen LogP contribution in [0.4, 0.5) is 0 Å². The van der Waals surface area contributed by atoms with Crippen LogP contribution in [-0.2, 0) is 65.4 Å². The number of phosphoric ester groups is 2. The minimum absolute atomic E-state index is 0.102. The van der Waals surface area contributed by atoms with Gasteiger partial charge in [-0.3, -0.25) is 37.3 Å². The van der Waals surface area contributed by atoms with Crippen LogP contribution in [0.5, 0.6) is 0 Å². The van der Waals surface area contributed by atoms with Crippen LogP contribution in [0.2, 0.25) is 0 Å². The number of phosphoric acid groups is 2. The van der Waals surface area contributed by atoms with Crippen LogP contribution in [-0.4, -0.2) is 96.7 Å². The third-order valence-corrected chi connectivity index (χ3v) is 17.9. The molecule has 0 amide bonds. The van der Waals surface area contributed by atoms with E-state index in [4.69, 9.17) is 37.0 Å². The van der Waals surface area contributed by atoms with Gasteiger partial charge in [0.25, 0.3) is 0 Å². The molecule has 3 N–H and O–H groups in total. The predicted molar refractivity (Wildman–Crippen MR) is 354 cm³/mol. The first-order valence-electron chi connectivity index (χ1n) is 36.1. The number of ether oxygens (including phenoxy) is 4. The SMILES string of the molecule is CCCCCCCCCCCCCCCCCCCCC(=O)O[C@H](COC(=O)CCCCCCCCCCCCCC)COP(=O)(O)OC[C@@H](O)COP(=O)(O)OC[C@@H](COC(=O)CCCCCCCCCCC)OC(=O)CCCCCCCCC(C)C. The van der Waals surface area contributed by atoms with Crippen molar-refractivity contribution in [3.8, 4) is 0 Å². The average molecular weight is 1300 g/mol. The summed E-state index contributed by atoms with van der Waals surface area (Å²) in [6.45, 7) is 7.13. The van der Waals surface area contributed by atoms with Gasteiger partial charge < -0.3 is 33.8 Å². The number of carbonyl (C=O) groups is 4. The fourth-order valence-corrected chi connectivity index (χ4v) is 12.0. The lowest BCUT2D eigenvalue weighted by Gasteiger charge is -2.21. The maximum absolute atomic E-state index is 13.0. The summed E-state index contributed by atoms with van der Waals surface area (Å²) < 4.78 is 68.1. The number of hydrogen-bond acceptors (Lipinski definition) is 15. The summed E-state index contributed by atoms with van der Waals surface area (Å²) in [5.74, 6) is -1.46. The second-order valence-electron chi connectivity index (χ2n) is 25.4. The predicted octanol–water partition coefficient (Wildman–Crippen LogP) is 19.7. The number of aliphatic hydroxyl groups is 1. The molecule has 2 unspecified atom stereocenters. The van der Waals surface area contributed by atoms with Gasteiger partial charge in [-0.15, -0.1) is 0 Å². The summed E-state index contributed by atoms with van der Waals surface area (Å²) in [6, 6.07) is 0. The van der Waals surface area contributed by atoms with Crippen LogP contribution in [0, 0.1) is 5.92 Å². The molecule has 522 valence electrons. The molecule has 0 aromatic heterocycles. The van der Waals surface area contributed by atoms with Crippen LogP contribution < -0.4 is 0 Å². The van der Waals surface area contributed by atoms with Crippen LogP contribution in [0.15, 0.2) is 0 Å². The highest BCUT2D eigenvalue weighted by atomic mass is 31.2. The lowest BCUT2D eigenvalue weighted by molar-refractivity contribution is -0.161. The Kier molecular flexibility index (Phi) is 61.1. The molecule has 0 aromatic carbocycles. The lowest BCUT2D eigenvalue weighted by Crippen LogP contribution is -2.30. The van der Waals surface area contributed by atoms with Gasteiger partial charge in [0.05, 0.1) is 26.4 Å². The fourth-order valence-electron chi connectivity index (χ4n) is 10.5. The van der Waals surface area contributed by atoms with Gasteiger partial charge >= 0.3 is 39.5 Å². The highest BCUT2D eigenvalue weighted by Crippen LogP contribution is 2.45. The Hall–Kier alpha value is -1.94. The molecule has 5 atom stereocenters. The molecule has 0 aliphatic rings. The molecular weight excluding hydrogens is 1160 g/mol. The van der Waals surface area contributed by atoms with E-state index in [1.807, 2.05) is 0 Å². The molecule has 17 nitrogen and oxygen atoms in total. The number of carbonyl (C=O) groups excluding carboxylic acids is 4. The molecule has 0 saturated heterocycles. The largest absolute Gasteiger partial charge is 0.472 e. The fraction of sp³-hybridized carbons (Fsp3) is 0.942. The van der Waals surface area contributed by atoms with Crippen molar-refractivity contribution in [1.82, 2.24) is 0 Å². The molecular formula is C69H134O17P2. The van der Waals surface area contributed by atoms with E-state index >= 15 is 0 Å². The third-order valence-electron chi connectivity index (χ3n) is 16.0. The van der Waals surface area contributed by atoms with Gasteiger partial charge in [0.2, 0.25) is 0 Å². The molecule has 0 bridgehead atoms. The Morgan fingerprint density at radius 2 is 0.523 bits per heavy atom. The highest BCUT2D eigenvalue weighted by molar-refractivity contribution is 7.47. The standard InChI is InChI=1S/C69H134O17P2/c1-6-9-12-15-18-21-23-25-26-27-28-29-30-32-35-38-44-49-54-68(73)85-64(58-80-67(72)53-48-43-37-34-31-24-22-19-16-13-10-7-2)60-83-87(75,76)81-56-63(70)57-82-88(77,78)84-61-65(86-69(74)55-50-45-40-39-41-46-51-62(4)5)59-79-66(71)52-47-42-36-33-20-17-14-11-8-3/h62-65,70H,6-61H2,1-5H3,(H,75,76)(H,77,78)/t63-,64-,65-/m1/s1. The van der Waals surface area contributed by atoms with Gasteiger partial charge in [-0.2, -0.15) is 0 Å². The van der Waals surface area contributed by atoms with E-state index in [9.17, 15) is 43.2 Å². The molecule has 0 aliphatic heterocycles. The second-order valence-corrected chi connectivity index (χ2v) is 28.3. The van der Waals surface area contributed by atoms with Gasteiger partial charge in [-0.1, -0.05) is 304 Å². The Labute approximate surface area is 537 Å². The molecule has 88 heavy (non-hydrogen) atoms. The van der Waals surface area contributed by atoms with E-state index in [1.54, 1.807) is 0 Å². The van der Waals surface area contributed by atoms with Crippen molar-refractivity contribution in [1.29, 1.82) is 0 Å². The van der Waals surface area contributed by atoms with Gasteiger partial charge in [0.15, 0.2) is 12.2 Å². The van der Waals surface area contributed by atoms with Gasteiger partial charge in [0.1, 0.15) is 19.3 Å². The zero-order valence-corrected chi connectivity index (χ0v) is 58.6. The smallest absolute Gasteiger partial charge is 0.462 e. The van der Waals surface area contributed by atoms with Crippen molar-refractivity contribution < 1.29 is 80.2 Å². The van der Waals surface area contributed by atoms with Crippen molar-refractivity contribution in [2.75, 3.05) is 39.6 Å². The molecule has 19 heteroatoms. The topological polar surface area (TPSA) is 237 Å². The first-order chi connectivity index (χ1) is 42.5. The van der Waals surface area contributed by atoms with Crippen LogP contribution in [0.1, 0.15) is 356 Å². The van der Waals surface area contributed by atoms with Gasteiger partial charge in [-0.25, -0.2) is 9.13 Å². The van der Waals surface area contributed by atoms with Crippen molar-refractivity contribution >= 4 is 39.5 Å². The maximum Gasteiger partial charge on any atom is 0.472 e. The first-order valence-corrected chi connectivity index (χ1v) is 39.1. The number of rotatable bonds is 69. The quantitative estimate of drug-likeness (QED) is 0.0222. The van der Waals surface area contributed by atoms with Crippen LogP contribution >= 0.6 is 15.6 Å². The Morgan fingerprint density at radius 1 is 0.307 bits per heavy atom. The van der Waals surface area contributed by atoms with Crippen molar-refractivity contribution in [2.24, 2.45) is 5.92 Å². The molecule has 0 aromatic rings. The lowest BCUT2D eigenvalue weighted by atomic mass is 10.0. The summed E-state index contributed by atoms with van der Waals surface area (Å²) in [5.41, 5.74) is 0. The van der Waals surface area contributed by atoms with E-state index < -0.39 is 97.5 Å². The Bertz CT molecular complexity index is 1700. The maximum atomic E-state index is 13.0. The molecule has 0 fully saturated rings. The minimum atomic E-state index is -4.95. The molecule has 0 radical (unpaired) electrons. The van der Waals surface area contributed by atoms with Gasteiger partial charge in [-0.05, 0) is 31.6 Å². The van der Waals surface area contributed by atoms with Crippen molar-refractivity contribution in [2.45, 2.75) is 374 Å². The average Bonchev–Trinajstić information content (AvgIpc) is 3.65. The molecule has 0 spiro atoms. The van der Waals surface area contributed by atoms with E-state index in [0.29, 0.717) is 31.6 Å². The van der Waals surface area contributed by atoms with E-state index in [0.717, 1.165) is 89.9 Å². The van der Waals surface area contributed by atoms with Gasteiger partial charge in [0, 0.05) is 25.7 Å². The normalized spacial score (nSPS) is 14.1. The Balaban J connectivity index is 5.19. The zero-order chi connectivity index (χ0) is 64.9. The van der Waals surface area contributed by atoms with Crippen molar-refractivity contribution in [3.05, 3.63) is 0 Å². The molecule has 0 heterocycles. The number of esters is 4. The third kappa shape index (κ3) is 62.8. The summed E-state index contributed by atoms with van der Waals surface area (Å²) in [4.78, 5) is 72.4. The summed E-state index contributed by atoms with van der Waals surface area (Å²) >= 11 is 0. The summed E-state index contributed by atoms with van der Waals surface area (Å²) in [6.07, 6.45) is 48.8. The minimum Gasteiger partial charge on any atom is -0.462 e. The zero-order valence-electron chi connectivity index (χ0n) is 56.9. The number of unbranched alkanes of at least 4 members (excludes halogenated alkanes) is 41. The monoisotopic (exact) mass is 1300 g/mol. The highest BCUT2D eigenvalue weighted by Gasteiger charge is 2.30.